The third-order valence-corrected chi connectivity index (χ3v) is 3.72. The van der Waals surface area contributed by atoms with E-state index in [1.165, 1.54) is 5.56 Å². The Bertz CT molecular complexity index is 838. The van der Waals surface area contributed by atoms with Gasteiger partial charge in [-0.05, 0) is 35.1 Å². The summed E-state index contributed by atoms with van der Waals surface area (Å²) in [6.07, 6.45) is 1.09. The van der Waals surface area contributed by atoms with Crippen molar-refractivity contribution in [3.63, 3.8) is 0 Å². The van der Waals surface area contributed by atoms with Crippen molar-refractivity contribution >= 4 is 0 Å². The summed E-state index contributed by atoms with van der Waals surface area (Å²) < 4.78 is 0. The lowest BCUT2D eigenvalue weighted by molar-refractivity contribution is 0.647. The van der Waals surface area contributed by atoms with Gasteiger partial charge in [-0.15, -0.1) is 5.10 Å². The number of hydrogen-bond donors (Lipinski definition) is 1. The first kappa shape index (κ1) is 15.0. The van der Waals surface area contributed by atoms with Crippen LogP contribution < -0.4 is 0 Å². The van der Waals surface area contributed by atoms with Crippen LogP contribution in [0.3, 0.4) is 0 Å². The van der Waals surface area contributed by atoms with Crippen LogP contribution in [0, 0.1) is 17.2 Å². The number of nitriles is 1. The Hall–Kier alpha value is -2.93. The summed E-state index contributed by atoms with van der Waals surface area (Å²) in [7, 11) is 0. The zero-order valence-electron chi connectivity index (χ0n) is 13.2. The van der Waals surface area contributed by atoms with Gasteiger partial charge in [0, 0.05) is 5.56 Å². The minimum Gasteiger partial charge on any atom is -0.196 e. The number of nitrogens with one attached hydrogen (secondary N) is 1. The number of aromatic amines is 1. The molecule has 0 saturated heterocycles. The topological polar surface area (TPSA) is 65.4 Å². The van der Waals surface area contributed by atoms with Crippen molar-refractivity contribution in [1.82, 2.24) is 15.4 Å². The maximum Gasteiger partial charge on any atom is 0.190 e. The molecular weight excluding hydrogens is 284 g/mol. The molecule has 0 aliphatic rings. The zero-order valence-corrected chi connectivity index (χ0v) is 13.2. The molecule has 0 atom stereocenters. The van der Waals surface area contributed by atoms with Gasteiger partial charge < -0.3 is 0 Å². The van der Waals surface area contributed by atoms with Crippen LogP contribution >= 0.6 is 0 Å². The van der Waals surface area contributed by atoms with Crippen LogP contribution in [0.4, 0.5) is 0 Å². The number of aromatic nitrogens is 3. The normalized spacial score (nSPS) is 10.7. The van der Waals surface area contributed by atoms with Crippen molar-refractivity contribution in [3.05, 3.63) is 59.8 Å². The average molecular weight is 302 g/mol. The highest BCUT2D eigenvalue weighted by Gasteiger charge is 2.10. The quantitative estimate of drug-likeness (QED) is 0.785. The fourth-order valence-corrected chi connectivity index (χ4v) is 2.66. The number of nitrogens with zero attached hydrogens (tertiary/aromatic N) is 3. The number of rotatable bonds is 4. The third-order valence-electron chi connectivity index (χ3n) is 3.72. The number of benzene rings is 2. The Kier molecular flexibility index (Phi) is 4.20. The highest BCUT2D eigenvalue weighted by atomic mass is 15.3. The van der Waals surface area contributed by atoms with Gasteiger partial charge in [-0.2, -0.15) is 15.6 Å². The first-order valence-corrected chi connectivity index (χ1v) is 7.68. The molecule has 1 heterocycles. The lowest BCUT2D eigenvalue weighted by atomic mass is 9.97. The molecule has 114 valence electrons. The largest absolute Gasteiger partial charge is 0.196 e. The van der Waals surface area contributed by atoms with E-state index in [2.05, 4.69) is 65.7 Å². The minimum atomic E-state index is 0.314. The smallest absolute Gasteiger partial charge is 0.190 e. The van der Waals surface area contributed by atoms with E-state index in [1.54, 1.807) is 0 Å². The first-order chi connectivity index (χ1) is 11.2. The lowest BCUT2D eigenvalue weighted by Crippen LogP contribution is -1.93. The van der Waals surface area contributed by atoms with E-state index in [1.807, 2.05) is 18.2 Å². The zero-order chi connectivity index (χ0) is 16.2. The van der Waals surface area contributed by atoms with Gasteiger partial charge >= 0.3 is 0 Å². The molecule has 0 radical (unpaired) electrons. The molecule has 1 aromatic heterocycles. The monoisotopic (exact) mass is 302 g/mol. The van der Waals surface area contributed by atoms with Crippen LogP contribution in [-0.4, -0.2) is 15.4 Å². The van der Waals surface area contributed by atoms with Crippen molar-refractivity contribution in [3.8, 4) is 28.5 Å². The molecule has 0 spiro atoms. The molecule has 0 amide bonds. The molecule has 23 heavy (non-hydrogen) atoms. The second-order valence-corrected chi connectivity index (χ2v) is 6.01. The summed E-state index contributed by atoms with van der Waals surface area (Å²) in [5, 5.41) is 19.5. The molecule has 4 heteroatoms. The second-order valence-electron chi connectivity index (χ2n) is 6.01. The van der Waals surface area contributed by atoms with E-state index in [0.717, 1.165) is 23.1 Å². The molecule has 0 saturated carbocycles. The van der Waals surface area contributed by atoms with Gasteiger partial charge in [-0.25, -0.2) is 0 Å². The van der Waals surface area contributed by atoms with E-state index < -0.39 is 0 Å². The molecule has 3 rings (SSSR count). The van der Waals surface area contributed by atoms with Crippen molar-refractivity contribution in [1.29, 1.82) is 5.26 Å². The number of H-pyrrole nitrogens is 1. The van der Waals surface area contributed by atoms with Gasteiger partial charge in [0.25, 0.3) is 0 Å². The molecule has 3 aromatic rings. The van der Waals surface area contributed by atoms with Crippen LogP contribution in [0.2, 0.25) is 0 Å². The van der Waals surface area contributed by atoms with Gasteiger partial charge in [0.1, 0.15) is 11.8 Å². The summed E-state index contributed by atoms with van der Waals surface area (Å²) >= 11 is 0. The van der Waals surface area contributed by atoms with E-state index in [-0.39, 0.29) is 0 Å². The summed E-state index contributed by atoms with van der Waals surface area (Å²) in [6, 6.07) is 18.7. The van der Waals surface area contributed by atoms with Gasteiger partial charge in [-0.3, -0.25) is 0 Å². The van der Waals surface area contributed by atoms with Crippen LogP contribution in [-0.2, 0) is 6.42 Å². The highest BCUT2D eigenvalue weighted by Crippen LogP contribution is 2.26. The molecule has 0 aliphatic carbocycles. The average Bonchev–Trinajstić information content (AvgIpc) is 3.04. The molecule has 0 fully saturated rings. The fraction of sp³-hybridized carbons (Fsp3) is 0.211. The summed E-state index contributed by atoms with van der Waals surface area (Å²) in [5.74, 6) is 0.653. The predicted octanol–water partition coefficient (Wildman–Crippen LogP) is 4.21. The Morgan fingerprint density at radius 2 is 1.74 bits per heavy atom. The van der Waals surface area contributed by atoms with Crippen LogP contribution in [0.5, 0.6) is 0 Å². The Morgan fingerprint density at radius 1 is 1.00 bits per heavy atom. The van der Waals surface area contributed by atoms with Crippen molar-refractivity contribution < 1.29 is 0 Å². The Morgan fingerprint density at radius 3 is 2.43 bits per heavy atom. The van der Waals surface area contributed by atoms with Gasteiger partial charge in [0.05, 0.1) is 0 Å². The van der Waals surface area contributed by atoms with Crippen LogP contribution in [0.15, 0.2) is 48.5 Å². The first-order valence-electron chi connectivity index (χ1n) is 7.68. The maximum atomic E-state index is 9.08. The van der Waals surface area contributed by atoms with E-state index in [9.17, 15) is 0 Å². The maximum absolute atomic E-state index is 9.08. The Balaban J connectivity index is 1.92. The van der Waals surface area contributed by atoms with Crippen molar-refractivity contribution in [2.24, 2.45) is 5.92 Å². The molecule has 0 unspecified atom stereocenters. The lowest BCUT2D eigenvalue weighted by Gasteiger charge is -2.07. The third kappa shape index (κ3) is 3.29. The summed E-state index contributed by atoms with van der Waals surface area (Å²) in [4.78, 5) is 0. The molecule has 0 bridgehead atoms. The minimum absolute atomic E-state index is 0.314. The Labute approximate surface area is 135 Å². The van der Waals surface area contributed by atoms with E-state index in [0.29, 0.717) is 17.3 Å². The predicted molar refractivity (Wildman–Crippen MR) is 90.5 cm³/mol. The fourth-order valence-electron chi connectivity index (χ4n) is 2.66. The van der Waals surface area contributed by atoms with E-state index >= 15 is 0 Å². The van der Waals surface area contributed by atoms with Gasteiger partial charge in [0.2, 0.25) is 0 Å². The second kappa shape index (κ2) is 6.45. The summed E-state index contributed by atoms with van der Waals surface area (Å²) in [5.41, 5.74) is 5.40. The number of hydrogen-bond acceptors (Lipinski definition) is 3. The molecule has 1 N–H and O–H groups in total. The molecular formula is C19H18N4. The van der Waals surface area contributed by atoms with Crippen molar-refractivity contribution in [2.75, 3.05) is 0 Å². The van der Waals surface area contributed by atoms with Gasteiger partial charge in [-0.1, -0.05) is 56.3 Å². The SMILES string of the molecule is CC(C)Cc1ccc(-c2cccc(-c3n[nH]nc3C#N)c2)cc1. The standard InChI is InChI=1S/C19H18N4/c1-13(2)10-14-6-8-15(9-7-14)16-4-3-5-17(11-16)19-18(12-20)21-23-22-19/h3-9,11,13H,10H2,1-2H3,(H,21,22,23). The van der Waals surface area contributed by atoms with Gasteiger partial charge in [0.15, 0.2) is 5.69 Å². The van der Waals surface area contributed by atoms with Crippen LogP contribution in [0.25, 0.3) is 22.4 Å². The van der Waals surface area contributed by atoms with Crippen LogP contribution in [0.1, 0.15) is 25.1 Å². The molecule has 2 aromatic carbocycles. The molecule has 0 aliphatic heterocycles. The van der Waals surface area contributed by atoms with E-state index in [4.69, 9.17) is 5.26 Å². The molecule has 4 nitrogen and oxygen atoms in total. The summed E-state index contributed by atoms with van der Waals surface area (Å²) in [6.45, 7) is 4.45. The highest BCUT2D eigenvalue weighted by molar-refractivity contribution is 5.73. The van der Waals surface area contributed by atoms with Crippen molar-refractivity contribution in [2.45, 2.75) is 20.3 Å².